The number of hydrogen-bond donors (Lipinski definition) is 1. The zero-order valence-corrected chi connectivity index (χ0v) is 20.8. The Morgan fingerprint density at radius 1 is 0.882 bits per heavy atom. The van der Waals surface area contributed by atoms with E-state index in [9.17, 15) is 5.11 Å². The number of aliphatic hydroxyl groups is 1. The van der Waals surface area contributed by atoms with Crippen LogP contribution in [0.3, 0.4) is 0 Å². The Balaban J connectivity index is 1.72. The van der Waals surface area contributed by atoms with Crippen LogP contribution in [0.25, 0.3) is 6.08 Å². The first-order valence-electron chi connectivity index (χ1n) is 12.5. The number of hydrogen-bond acceptors (Lipinski definition) is 4. The van der Waals surface area contributed by atoms with Crippen LogP contribution >= 0.6 is 0 Å². The Morgan fingerprint density at radius 2 is 1.50 bits per heavy atom. The molecule has 1 aromatic rings. The minimum Gasteiger partial charge on any atom is -0.509 e. The van der Waals surface area contributed by atoms with Gasteiger partial charge in [-0.25, -0.2) is 0 Å². The molecule has 0 saturated heterocycles. The lowest BCUT2D eigenvalue weighted by atomic mass is 9.82. The molecule has 34 heavy (non-hydrogen) atoms. The van der Waals surface area contributed by atoms with Gasteiger partial charge in [-0.2, -0.15) is 0 Å². The van der Waals surface area contributed by atoms with Gasteiger partial charge in [0.15, 0.2) is 0 Å². The van der Waals surface area contributed by atoms with Gasteiger partial charge in [-0.1, -0.05) is 57.7 Å². The molecule has 2 fully saturated rings. The van der Waals surface area contributed by atoms with Crippen LogP contribution in [0.1, 0.15) is 63.9 Å². The van der Waals surface area contributed by atoms with E-state index in [-0.39, 0.29) is 5.76 Å². The van der Waals surface area contributed by atoms with Crippen molar-refractivity contribution in [3.63, 3.8) is 0 Å². The third-order valence-electron chi connectivity index (χ3n) is 7.08. The number of allylic oxidation sites excluding steroid dienone is 5. The standard InChI is InChI=1S/C30H40O4/c1-21-10-12-25(13-11-21)23(3)33-29-18-19-30(27(20-29)9-7-6-8-22(2)31)34-24(4)26-14-16-28(32-5)17-15-26/h6-9,18-21,25-26,28,31H,2-4,10-17H2,1,5H3/b8-6+,9-7+. The van der Waals surface area contributed by atoms with Crippen molar-refractivity contribution in [3.8, 4) is 11.5 Å². The number of aliphatic hydroxyl groups excluding tert-OH is 1. The van der Waals surface area contributed by atoms with E-state index in [0.29, 0.717) is 17.9 Å². The highest BCUT2D eigenvalue weighted by molar-refractivity contribution is 5.61. The zero-order valence-electron chi connectivity index (χ0n) is 20.8. The van der Waals surface area contributed by atoms with E-state index in [4.69, 9.17) is 14.2 Å². The molecule has 2 saturated carbocycles. The second-order valence-electron chi connectivity index (χ2n) is 9.71. The van der Waals surface area contributed by atoms with E-state index >= 15 is 0 Å². The third kappa shape index (κ3) is 7.66. The van der Waals surface area contributed by atoms with Gasteiger partial charge in [0.25, 0.3) is 0 Å². The lowest BCUT2D eigenvalue weighted by Crippen LogP contribution is -2.22. The summed E-state index contributed by atoms with van der Waals surface area (Å²) in [6.07, 6.45) is 16.2. The number of rotatable bonds is 10. The molecular weight excluding hydrogens is 424 g/mol. The molecular formula is C30H40O4. The van der Waals surface area contributed by atoms with Gasteiger partial charge >= 0.3 is 0 Å². The van der Waals surface area contributed by atoms with Crippen molar-refractivity contribution >= 4 is 6.08 Å². The van der Waals surface area contributed by atoms with Gasteiger partial charge in [0.05, 0.1) is 11.9 Å². The number of ether oxygens (including phenoxy) is 3. The quantitative estimate of drug-likeness (QED) is 0.280. The van der Waals surface area contributed by atoms with Gasteiger partial charge < -0.3 is 19.3 Å². The Bertz CT molecular complexity index is 910. The monoisotopic (exact) mass is 464 g/mol. The molecule has 3 rings (SSSR count). The van der Waals surface area contributed by atoms with Gasteiger partial charge in [0, 0.05) is 24.5 Å². The highest BCUT2D eigenvalue weighted by atomic mass is 16.5. The molecule has 0 radical (unpaired) electrons. The van der Waals surface area contributed by atoms with E-state index in [2.05, 4.69) is 26.7 Å². The van der Waals surface area contributed by atoms with Crippen LogP contribution in [-0.4, -0.2) is 18.3 Å². The molecule has 0 amide bonds. The first-order valence-corrected chi connectivity index (χ1v) is 12.5. The van der Waals surface area contributed by atoms with Gasteiger partial charge in [0.2, 0.25) is 0 Å². The Hall–Kier alpha value is -2.72. The van der Waals surface area contributed by atoms with E-state index < -0.39 is 0 Å². The SMILES string of the molecule is C=C(O)/C=C/C=C/c1cc(OC(=C)C2CCC(C)CC2)ccc1OC(=C)C1CCC(OC)CC1. The molecule has 0 atom stereocenters. The summed E-state index contributed by atoms with van der Waals surface area (Å²) < 4.78 is 17.9. The van der Waals surface area contributed by atoms with Crippen LogP contribution in [-0.2, 0) is 4.74 Å². The summed E-state index contributed by atoms with van der Waals surface area (Å²) >= 11 is 0. The summed E-state index contributed by atoms with van der Waals surface area (Å²) in [6, 6.07) is 5.84. The molecule has 4 heteroatoms. The van der Waals surface area contributed by atoms with Crippen molar-refractivity contribution in [2.45, 2.75) is 64.4 Å². The summed E-state index contributed by atoms with van der Waals surface area (Å²) in [7, 11) is 1.78. The fourth-order valence-electron chi connectivity index (χ4n) is 4.80. The average Bonchev–Trinajstić information content (AvgIpc) is 2.83. The summed E-state index contributed by atoms with van der Waals surface area (Å²) in [4.78, 5) is 0. The van der Waals surface area contributed by atoms with Gasteiger partial charge in [-0.3, -0.25) is 0 Å². The molecule has 0 unspecified atom stereocenters. The first kappa shape index (κ1) is 25.9. The fraction of sp³-hybridized carbons (Fsp3) is 0.467. The van der Waals surface area contributed by atoms with Gasteiger partial charge in [-0.15, -0.1) is 0 Å². The predicted molar refractivity (Wildman–Crippen MR) is 140 cm³/mol. The van der Waals surface area contributed by atoms with Crippen LogP contribution in [0.2, 0.25) is 0 Å². The molecule has 1 aromatic carbocycles. The Kier molecular flexibility index (Phi) is 9.64. The Labute approximate surface area is 205 Å². The molecule has 0 aliphatic heterocycles. The molecule has 1 N–H and O–H groups in total. The van der Waals surface area contributed by atoms with Crippen LogP contribution in [0, 0.1) is 17.8 Å². The maximum atomic E-state index is 9.30. The maximum Gasteiger partial charge on any atom is 0.134 e. The first-order chi connectivity index (χ1) is 16.4. The van der Waals surface area contributed by atoms with Gasteiger partial charge in [0.1, 0.15) is 23.0 Å². The van der Waals surface area contributed by atoms with Crippen molar-refractivity contribution < 1.29 is 19.3 Å². The van der Waals surface area contributed by atoms with Crippen molar-refractivity contribution in [2.24, 2.45) is 17.8 Å². The second-order valence-corrected chi connectivity index (χ2v) is 9.71. The van der Waals surface area contributed by atoms with Gasteiger partial charge in [-0.05, 0) is 68.7 Å². The average molecular weight is 465 g/mol. The van der Waals surface area contributed by atoms with Crippen molar-refractivity contribution in [1.29, 1.82) is 0 Å². The minimum absolute atomic E-state index is 0.0105. The van der Waals surface area contributed by atoms with E-state index in [0.717, 1.165) is 73.0 Å². The molecule has 2 aliphatic rings. The van der Waals surface area contributed by atoms with Crippen LogP contribution < -0.4 is 9.47 Å². The molecule has 4 nitrogen and oxygen atoms in total. The zero-order chi connectivity index (χ0) is 24.5. The van der Waals surface area contributed by atoms with Crippen LogP contribution in [0.5, 0.6) is 11.5 Å². The number of benzene rings is 1. The van der Waals surface area contributed by atoms with Crippen LogP contribution in [0.4, 0.5) is 0 Å². The minimum atomic E-state index is 0.0105. The molecule has 0 bridgehead atoms. The molecule has 0 heterocycles. The summed E-state index contributed by atoms with van der Waals surface area (Å²) in [5, 5.41) is 9.30. The predicted octanol–water partition coefficient (Wildman–Crippen LogP) is 8.14. The second kappa shape index (κ2) is 12.7. The van der Waals surface area contributed by atoms with Crippen molar-refractivity contribution in [1.82, 2.24) is 0 Å². The molecule has 184 valence electrons. The lowest BCUT2D eigenvalue weighted by molar-refractivity contribution is 0.0569. The van der Waals surface area contributed by atoms with E-state index in [1.165, 1.54) is 18.9 Å². The van der Waals surface area contributed by atoms with E-state index in [1.54, 1.807) is 13.2 Å². The van der Waals surface area contributed by atoms with Crippen molar-refractivity contribution in [2.75, 3.05) is 7.11 Å². The summed E-state index contributed by atoms with van der Waals surface area (Å²) in [6.45, 7) is 14.2. The highest BCUT2D eigenvalue weighted by Gasteiger charge is 2.25. The van der Waals surface area contributed by atoms with Crippen LogP contribution in [0.15, 0.2) is 73.4 Å². The van der Waals surface area contributed by atoms with Crippen molar-refractivity contribution in [3.05, 3.63) is 79.0 Å². The smallest absolute Gasteiger partial charge is 0.134 e. The normalized spacial score (nSPS) is 25.4. The lowest BCUT2D eigenvalue weighted by Gasteiger charge is -2.29. The topological polar surface area (TPSA) is 47.9 Å². The molecule has 2 aliphatic carbocycles. The third-order valence-corrected chi connectivity index (χ3v) is 7.08. The summed E-state index contributed by atoms with van der Waals surface area (Å²) in [5.74, 6) is 4.64. The maximum absolute atomic E-state index is 9.30. The molecule has 0 aromatic heterocycles. The van der Waals surface area contributed by atoms with E-state index in [1.807, 2.05) is 30.4 Å². The fourth-order valence-corrected chi connectivity index (χ4v) is 4.80. The number of methoxy groups -OCH3 is 1. The summed E-state index contributed by atoms with van der Waals surface area (Å²) in [5.41, 5.74) is 0.877. The molecule has 0 spiro atoms. The largest absolute Gasteiger partial charge is 0.509 e. The Morgan fingerprint density at radius 3 is 2.12 bits per heavy atom. The highest BCUT2D eigenvalue weighted by Crippen LogP contribution is 2.36.